The summed E-state index contributed by atoms with van der Waals surface area (Å²) in [6.07, 6.45) is 41.9. The van der Waals surface area contributed by atoms with E-state index in [0.717, 1.165) is 44.9 Å². The Morgan fingerprint density at radius 3 is 1.35 bits per heavy atom. The summed E-state index contributed by atoms with van der Waals surface area (Å²) in [6.45, 7) is 3.44. The second kappa shape index (κ2) is 44.5. The molecule has 0 saturated carbocycles. The number of aliphatic hydroxyl groups is 7. The van der Waals surface area contributed by atoms with E-state index in [4.69, 9.17) is 9.47 Å². The zero-order chi connectivity index (χ0) is 48.3. The van der Waals surface area contributed by atoms with E-state index in [9.17, 15) is 40.5 Å². The molecule has 1 amide bonds. The van der Waals surface area contributed by atoms with Crippen molar-refractivity contribution in [1.82, 2.24) is 5.32 Å². The summed E-state index contributed by atoms with van der Waals surface area (Å²) in [4.78, 5) is 13.1. The lowest BCUT2D eigenvalue weighted by atomic mass is 9.98. The third-order valence-corrected chi connectivity index (χ3v) is 13.2. The van der Waals surface area contributed by atoms with E-state index in [1.807, 2.05) is 0 Å². The molecule has 0 spiro atoms. The lowest BCUT2D eigenvalue weighted by molar-refractivity contribution is -0.303. The monoisotopic (exact) mass is 938 g/mol. The predicted molar refractivity (Wildman–Crippen MR) is 270 cm³/mol. The summed E-state index contributed by atoms with van der Waals surface area (Å²) >= 11 is 0. The Hall–Kier alpha value is -1.67. The second-order valence-corrected chi connectivity index (χ2v) is 19.3. The number of amides is 1. The number of allylic oxidation sites excluding steroid dienone is 6. The highest BCUT2D eigenvalue weighted by Gasteiger charge is 2.44. The maximum atomic E-state index is 13.1. The first-order valence-corrected chi connectivity index (χ1v) is 27.4. The Bertz CT molecular complexity index is 1170. The van der Waals surface area contributed by atoms with Crippen molar-refractivity contribution in [3.8, 4) is 0 Å². The fraction of sp³-hybridized carbons (Fsp3) is 0.873. The van der Waals surface area contributed by atoms with Gasteiger partial charge in [-0.3, -0.25) is 4.79 Å². The first-order valence-electron chi connectivity index (χ1n) is 27.4. The normalized spacial score (nSPS) is 21.0. The quantitative estimate of drug-likeness (QED) is 0.0215. The van der Waals surface area contributed by atoms with Gasteiger partial charge in [0.1, 0.15) is 36.6 Å². The Morgan fingerprint density at radius 2 is 0.909 bits per heavy atom. The Labute approximate surface area is 403 Å². The maximum Gasteiger partial charge on any atom is 0.249 e. The number of unbranched alkanes of at least 4 members (excludes halogenated alkanes) is 28. The van der Waals surface area contributed by atoms with Crippen LogP contribution in [-0.4, -0.2) is 110 Å². The molecule has 9 atom stereocenters. The summed E-state index contributed by atoms with van der Waals surface area (Å²) in [5.74, 6) is -0.711. The van der Waals surface area contributed by atoms with E-state index >= 15 is 0 Å². The fourth-order valence-electron chi connectivity index (χ4n) is 8.65. The lowest BCUT2D eigenvalue weighted by Gasteiger charge is -2.40. The molecule has 8 N–H and O–H groups in total. The number of rotatable bonds is 46. The largest absolute Gasteiger partial charge is 0.394 e. The van der Waals surface area contributed by atoms with Gasteiger partial charge in [0.05, 0.1) is 25.4 Å². The van der Waals surface area contributed by atoms with E-state index in [2.05, 4.69) is 55.6 Å². The fourth-order valence-corrected chi connectivity index (χ4v) is 8.65. The van der Waals surface area contributed by atoms with Gasteiger partial charge < -0.3 is 50.5 Å². The summed E-state index contributed by atoms with van der Waals surface area (Å²) < 4.78 is 11.1. The first kappa shape index (κ1) is 62.3. The molecule has 1 saturated heterocycles. The van der Waals surface area contributed by atoms with Gasteiger partial charge in [-0.15, -0.1) is 0 Å². The molecule has 1 aliphatic heterocycles. The molecule has 0 aromatic heterocycles. The predicted octanol–water partition coefficient (Wildman–Crippen LogP) is 10.7. The zero-order valence-electron chi connectivity index (χ0n) is 42.2. The molecule has 0 aromatic rings. The first-order chi connectivity index (χ1) is 32.2. The van der Waals surface area contributed by atoms with Crippen molar-refractivity contribution >= 4 is 5.91 Å². The molecule has 1 rings (SSSR count). The highest BCUT2D eigenvalue weighted by atomic mass is 16.7. The van der Waals surface area contributed by atoms with Gasteiger partial charge in [-0.2, -0.15) is 0 Å². The molecule has 0 aliphatic carbocycles. The van der Waals surface area contributed by atoms with Gasteiger partial charge in [-0.05, 0) is 64.2 Å². The number of carbonyl (C=O) groups excluding carboxylic acids is 1. The van der Waals surface area contributed by atoms with Crippen LogP contribution in [0.4, 0.5) is 0 Å². The smallest absolute Gasteiger partial charge is 0.249 e. The molecule has 1 fully saturated rings. The molecular formula is C55H103NO10. The van der Waals surface area contributed by atoms with Gasteiger partial charge in [0.25, 0.3) is 0 Å². The van der Waals surface area contributed by atoms with Crippen molar-refractivity contribution in [2.75, 3.05) is 13.2 Å². The molecule has 11 nitrogen and oxygen atoms in total. The van der Waals surface area contributed by atoms with Gasteiger partial charge >= 0.3 is 0 Å². The molecule has 1 heterocycles. The van der Waals surface area contributed by atoms with Crippen LogP contribution in [0.5, 0.6) is 0 Å². The molecule has 11 heteroatoms. The van der Waals surface area contributed by atoms with Gasteiger partial charge in [0, 0.05) is 0 Å². The average molecular weight is 938 g/mol. The van der Waals surface area contributed by atoms with Gasteiger partial charge in [-0.25, -0.2) is 0 Å². The lowest BCUT2D eigenvalue weighted by Crippen LogP contribution is -2.60. The van der Waals surface area contributed by atoms with Gasteiger partial charge in [0.2, 0.25) is 5.91 Å². The molecule has 0 aromatic carbocycles. The van der Waals surface area contributed by atoms with Crippen LogP contribution in [0.1, 0.15) is 239 Å². The SMILES string of the molecule is CCCCCCCCCCCC/C=C/CC/C=C/CC/C=C/CCCC(O)C(O)C(COC1OC(CO)C(O)C(O)C1O)NC(=O)C(O)CCCCCCCCCCCCCCCCCC. The highest BCUT2D eigenvalue weighted by Crippen LogP contribution is 2.23. The molecule has 0 bridgehead atoms. The molecule has 0 radical (unpaired) electrons. The molecule has 1 aliphatic rings. The number of ether oxygens (including phenoxy) is 2. The number of hydrogen-bond donors (Lipinski definition) is 8. The van der Waals surface area contributed by atoms with E-state index in [1.54, 1.807) is 0 Å². The van der Waals surface area contributed by atoms with E-state index in [1.165, 1.54) is 148 Å². The van der Waals surface area contributed by atoms with Crippen LogP contribution in [-0.2, 0) is 14.3 Å². The van der Waals surface area contributed by atoms with Crippen molar-refractivity contribution in [3.05, 3.63) is 36.5 Å². The van der Waals surface area contributed by atoms with Crippen LogP contribution >= 0.6 is 0 Å². The standard InChI is InChI=1S/C55H103NO10/c1-3-5-7-9-11-13-15-17-19-21-22-23-24-25-26-27-29-30-32-34-36-38-40-42-47(58)50(60)46(45-65-55-53(63)52(62)51(61)49(44-57)66-55)56-54(64)48(59)43-41-39-37-35-33-31-28-20-18-16-14-12-10-8-6-4-2/h23-24,27,29,34,36,46-53,55,57-63H,3-22,25-26,28,30-33,35,37-45H2,1-2H3,(H,56,64)/b24-23+,29-27+,36-34+. The van der Waals surface area contributed by atoms with Crippen molar-refractivity contribution in [2.24, 2.45) is 0 Å². The van der Waals surface area contributed by atoms with Crippen molar-refractivity contribution in [2.45, 2.75) is 294 Å². The van der Waals surface area contributed by atoms with E-state index in [-0.39, 0.29) is 12.8 Å². The zero-order valence-corrected chi connectivity index (χ0v) is 42.2. The number of aliphatic hydroxyl groups excluding tert-OH is 7. The average Bonchev–Trinajstić information content (AvgIpc) is 3.32. The van der Waals surface area contributed by atoms with Crippen LogP contribution in [0.25, 0.3) is 0 Å². The third-order valence-electron chi connectivity index (χ3n) is 13.2. The van der Waals surface area contributed by atoms with E-state index in [0.29, 0.717) is 19.3 Å². The Balaban J connectivity index is 2.39. The summed E-state index contributed by atoms with van der Waals surface area (Å²) in [5, 5.41) is 75.9. The van der Waals surface area contributed by atoms with Crippen LogP contribution in [0, 0.1) is 0 Å². The molecular weight excluding hydrogens is 835 g/mol. The Kier molecular flexibility index (Phi) is 42.1. The minimum absolute atomic E-state index is 0.242. The van der Waals surface area contributed by atoms with Crippen molar-refractivity contribution in [3.63, 3.8) is 0 Å². The van der Waals surface area contributed by atoms with Gasteiger partial charge in [0.15, 0.2) is 6.29 Å². The topological polar surface area (TPSA) is 189 Å². The minimum atomic E-state index is -1.67. The second-order valence-electron chi connectivity index (χ2n) is 19.3. The number of nitrogens with one attached hydrogen (secondary N) is 1. The van der Waals surface area contributed by atoms with Crippen LogP contribution in [0.15, 0.2) is 36.5 Å². The summed E-state index contributed by atoms with van der Waals surface area (Å²) in [6, 6.07) is -1.19. The number of carbonyl (C=O) groups is 1. The summed E-state index contributed by atoms with van der Waals surface area (Å²) in [5.41, 5.74) is 0. The van der Waals surface area contributed by atoms with Crippen molar-refractivity contribution in [1.29, 1.82) is 0 Å². The third kappa shape index (κ3) is 33.0. The summed E-state index contributed by atoms with van der Waals surface area (Å²) in [7, 11) is 0. The minimum Gasteiger partial charge on any atom is -0.394 e. The van der Waals surface area contributed by atoms with Crippen LogP contribution < -0.4 is 5.32 Å². The Morgan fingerprint density at radius 1 is 0.515 bits per heavy atom. The van der Waals surface area contributed by atoms with Crippen LogP contribution in [0.3, 0.4) is 0 Å². The highest BCUT2D eigenvalue weighted by molar-refractivity contribution is 5.80. The van der Waals surface area contributed by atoms with Crippen molar-refractivity contribution < 1.29 is 50.0 Å². The van der Waals surface area contributed by atoms with E-state index < -0.39 is 74.2 Å². The maximum absolute atomic E-state index is 13.1. The molecule has 66 heavy (non-hydrogen) atoms. The van der Waals surface area contributed by atoms with Crippen LogP contribution in [0.2, 0.25) is 0 Å². The molecule has 9 unspecified atom stereocenters. The molecule has 388 valence electrons. The van der Waals surface area contributed by atoms with Gasteiger partial charge in [-0.1, -0.05) is 211 Å². The number of hydrogen-bond acceptors (Lipinski definition) is 10.